The Labute approximate surface area is 146 Å². The van der Waals surface area contributed by atoms with E-state index in [0.29, 0.717) is 17.3 Å². The molecule has 7 heteroatoms. The molecule has 132 valence electrons. The van der Waals surface area contributed by atoms with Gasteiger partial charge in [0.15, 0.2) is 0 Å². The first kappa shape index (κ1) is 17.0. The maximum absolute atomic E-state index is 10.9. The number of hydrogen-bond donors (Lipinski definition) is 1. The van der Waals surface area contributed by atoms with Crippen molar-refractivity contribution in [3.63, 3.8) is 0 Å². The van der Waals surface area contributed by atoms with Gasteiger partial charge in [-0.2, -0.15) is 0 Å². The lowest BCUT2D eigenvalue weighted by atomic mass is 10.1. The molecule has 1 aliphatic heterocycles. The van der Waals surface area contributed by atoms with Crippen LogP contribution in [0.2, 0.25) is 0 Å². The molecular weight excluding hydrogens is 320 g/mol. The lowest BCUT2D eigenvalue weighted by Crippen LogP contribution is -2.23. The fourth-order valence-electron chi connectivity index (χ4n) is 3.19. The van der Waals surface area contributed by atoms with E-state index in [1.807, 2.05) is 18.2 Å². The highest BCUT2D eigenvalue weighted by molar-refractivity contribution is 5.59. The summed E-state index contributed by atoms with van der Waals surface area (Å²) < 4.78 is 5.44. The van der Waals surface area contributed by atoms with Gasteiger partial charge in [0.2, 0.25) is 0 Å². The maximum atomic E-state index is 10.9. The van der Waals surface area contributed by atoms with E-state index < -0.39 is 4.92 Å². The first-order chi connectivity index (χ1) is 12.1. The quantitative estimate of drug-likeness (QED) is 0.641. The Morgan fingerprint density at radius 3 is 2.96 bits per heavy atom. The van der Waals surface area contributed by atoms with Gasteiger partial charge in [-0.1, -0.05) is 12.1 Å². The molecule has 0 spiro atoms. The summed E-state index contributed by atoms with van der Waals surface area (Å²) in [4.78, 5) is 16.9. The zero-order valence-corrected chi connectivity index (χ0v) is 14.4. The van der Waals surface area contributed by atoms with E-state index in [4.69, 9.17) is 4.74 Å². The van der Waals surface area contributed by atoms with Crippen molar-refractivity contribution in [1.82, 2.24) is 4.98 Å². The van der Waals surface area contributed by atoms with Gasteiger partial charge in [-0.3, -0.25) is 10.1 Å². The van der Waals surface area contributed by atoms with Gasteiger partial charge in [-0.25, -0.2) is 4.98 Å². The van der Waals surface area contributed by atoms with Crippen LogP contribution in [0.15, 0.2) is 36.5 Å². The number of nitrogens with one attached hydrogen (secondary N) is 1. The van der Waals surface area contributed by atoms with Gasteiger partial charge in [0.1, 0.15) is 17.8 Å². The predicted octanol–water partition coefficient (Wildman–Crippen LogP) is 3.25. The lowest BCUT2D eigenvalue weighted by molar-refractivity contribution is -0.385. The molecule has 1 aromatic heterocycles. The molecular formula is C18H22N4O3. The van der Waals surface area contributed by atoms with E-state index in [-0.39, 0.29) is 5.69 Å². The highest BCUT2D eigenvalue weighted by Crippen LogP contribution is 2.32. The number of methoxy groups -OCH3 is 1. The van der Waals surface area contributed by atoms with Gasteiger partial charge in [0.25, 0.3) is 5.69 Å². The third-order valence-corrected chi connectivity index (χ3v) is 4.56. The average molecular weight is 342 g/mol. The molecule has 0 bridgehead atoms. The molecule has 25 heavy (non-hydrogen) atoms. The monoisotopic (exact) mass is 342 g/mol. The Balaban J connectivity index is 1.59. The SMILES string of the molecule is COc1ccccc1N1CCC(CNc2cc(C)c([N+](=O)[O-])cn2)C1. The van der Waals surface area contributed by atoms with Crippen LogP contribution in [0.25, 0.3) is 0 Å². The molecule has 0 amide bonds. The summed E-state index contributed by atoms with van der Waals surface area (Å²) in [7, 11) is 1.69. The number of hydrogen-bond acceptors (Lipinski definition) is 6. The number of pyridine rings is 1. The van der Waals surface area contributed by atoms with Gasteiger partial charge >= 0.3 is 0 Å². The van der Waals surface area contributed by atoms with E-state index in [1.54, 1.807) is 20.1 Å². The zero-order chi connectivity index (χ0) is 17.8. The van der Waals surface area contributed by atoms with Crippen molar-refractivity contribution in [3.8, 4) is 5.75 Å². The van der Waals surface area contributed by atoms with Crippen LogP contribution < -0.4 is 15.0 Å². The molecule has 1 atom stereocenters. The Morgan fingerprint density at radius 2 is 2.24 bits per heavy atom. The van der Waals surface area contributed by atoms with Crippen LogP contribution in [0.3, 0.4) is 0 Å². The Hall–Kier alpha value is -2.83. The van der Waals surface area contributed by atoms with Crippen LogP contribution in [-0.4, -0.2) is 36.7 Å². The highest BCUT2D eigenvalue weighted by atomic mass is 16.6. The van der Waals surface area contributed by atoms with Crippen LogP contribution in [0.5, 0.6) is 5.75 Å². The molecule has 1 fully saturated rings. The fourth-order valence-corrected chi connectivity index (χ4v) is 3.19. The number of ether oxygens (including phenoxy) is 1. The number of nitrogens with zero attached hydrogens (tertiary/aromatic N) is 3. The maximum Gasteiger partial charge on any atom is 0.290 e. The number of para-hydroxylation sites is 2. The number of nitro groups is 1. The van der Waals surface area contributed by atoms with Crippen molar-refractivity contribution in [1.29, 1.82) is 0 Å². The summed E-state index contributed by atoms with van der Waals surface area (Å²) in [6.45, 7) is 4.44. The van der Waals surface area contributed by atoms with E-state index >= 15 is 0 Å². The molecule has 1 N–H and O–H groups in total. The molecule has 2 heterocycles. The molecule has 1 aromatic carbocycles. The third-order valence-electron chi connectivity index (χ3n) is 4.56. The van der Waals surface area contributed by atoms with Crippen molar-refractivity contribution >= 4 is 17.2 Å². The minimum absolute atomic E-state index is 0.0498. The van der Waals surface area contributed by atoms with Crippen LogP contribution >= 0.6 is 0 Å². The number of aromatic nitrogens is 1. The Morgan fingerprint density at radius 1 is 1.44 bits per heavy atom. The van der Waals surface area contributed by atoms with Crippen LogP contribution in [-0.2, 0) is 0 Å². The zero-order valence-electron chi connectivity index (χ0n) is 14.4. The van der Waals surface area contributed by atoms with Crippen molar-refractivity contribution in [3.05, 3.63) is 52.2 Å². The summed E-state index contributed by atoms with van der Waals surface area (Å²) in [5.41, 5.74) is 1.79. The number of benzene rings is 1. The Kier molecular flexibility index (Phi) is 5.02. The van der Waals surface area contributed by atoms with Crippen LogP contribution in [0, 0.1) is 23.0 Å². The van der Waals surface area contributed by atoms with Crippen LogP contribution in [0.1, 0.15) is 12.0 Å². The van der Waals surface area contributed by atoms with Crippen molar-refractivity contribution in [2.24, 2.45) is 5.92 Å². The molecule has 7 nitrogen and oxygen atoms in total. The highest BCUT2D eigenvalue weighted by Gasteiger charge is 2.24. The third kappa shape index (κ3) is 3.81. The van der Waals surface area contributed by atoms with Crippen LogP contribution in [0.4, 0.5) is 17.2 Å². The minimum Gasteiger partial charge on any atom is -0.495 e. The van der Waals surface area contributed by atoms with Gasteiger partial charge in [0.05, 0.1) is 17.7 Å². The topological polar surface area (TPSA) is 80.5 Å². The van der Waals surface area contributed by atoms with E-state index in [2.05, 4.69) is 21.3 Å². The molecule has 0 radical (unpaired) electrons. The second kappa shape index (κ2) is 7.38. The van der Waals surface area contributed by atoms with Gasteiger partial charge < -0.3 is 15.0 Å². The molecule has 1 aliphatic rings. The normalized spacial score (nSPS) is 16.7. The largest absolute Gasteiger partial charge is 0.495 e. The van der Waals surface area contributed by atoms with Gasteiger partial charge in [-0.15, -0.1) is 0 Å². The van der Waals surface area contributed by atoms with Crippen molar-refractivity contribution in [2.45, 2.75) is 13.3 Å². The molecule has 0 saturated carbocycles. The summed E-state index contributed by atoms with van der Waals surface area (Å²) in [5.74, 6) is 2.06. The molecule has 1 saturated heterocycles. The van der Waals surface area contributed by atoms with Crippen molar-refractivity contribution < 1.29 is 9.66 Å². The first-order valence-corrected chi connectivity index (χ1v) is 8.31. The summed E-state index contributed by atoms with van der Waals surface area (Å²) in [5, 5.41) is 14.2. The fraction of sp³-hybridized carbons (Fsp3) is 0.389. The van der Waals surface area contributed by atoms with E-state index in [1.165, 1.54) is 6.20 Å². The summed E-state index contributed by atoms with van der Waals surface area (Å²) in [6, 6.07) is 9.78. The molecule has 1 unspecified atom stereocenters. The van der Waals surface area contributed by atoms with Gasteiger partial charge in [0, 0.05) is 25.2 Å². The lowest BCUT2D eigenvalue weighted by Gasteiger charge is -2.21. The smallest absolute Gasteiger partial charge is 0.290 e. The number of aryl methyl sites for hydroxylation is 1. The minimum atomic E-state index is -0.409. The van der Waals surface area contributed by atoms with E-state index in [9.17, 15) is 10.1 Å². The standard InChI is InChI=1S/C18H22N4O3/c1-13-9-18(20-11-16(13)22(23)24)19-10-14-7-8-21(12-14)15-5-3-4-6-17(15)25-2/h3-6,9,11,14H,7-8,10,12H2,1-2H3,(H,19,20). The summed E-state index contributed by atoms with van der Waals surface area (Å²) >= 11 is 0. The molecule has 2 aromatic rings. The van der Waals surface area contributed by atoms with Gasteiger partial charge in [-0.05, 0) is 37.5 Å². The van der Waals surface area contributed by atoms with Crippen molar-refractivity contribution in [2.75, 3.05) is 37.0 Å². The molecule has 3 rings (SSSR count). The average Bonchev–Trinajstić information content (AvgIpc) is 3.08. The Bertz CT molecular complexity index is 766. The number of anilines is 2. The molecule has 0 aliphatic carbocycles. The first-order valence-electron chi connectivity index (χ1n) is 8.31. The second-order valence-corrected chi connectivity index (χ2v) is 6.27. The second-order valence-electron chi connectivity index (χ2n) is 6.27. The summed E-state index contributed by atoms with van der Waals surface area (Å²) in [6.07, 6.45) is 2.39. The predicted molar refractivity (Wildman–Crippen MR) is 97.4 cm³/mol. The van der Waals surface area contributed by atoms with E-state index in [0.717, 1.165) is 37.5 Å². The number of rotatable bonds is 6.